The van der Waals surface area contributed by atoms with Gasteiger partial charge in [-0.15, -0.1) is 0 Å². The highest BCUT2D eigenvalue weighted by Gasteiger charge is 2.04. The van der Waals surface area contributed by atoms with Crippen molar-refractivity contribution in [2.75, 3.05) is 5.73 Å². The van der Waals surface area contributed by atoms with Gasteiger partial charge in [-0.3, -0.25) is 0 Å². The van der Waals surface area contributed by atoms with Gasteiger partial charge in [0.25, 0.3) is 0 Å². The number of allylic oxidation sites excluding steroid dienone is 1. The molecule has 0 amide bonds. The van der Waals surface area contributed by atoms with Crippen LogP contribution in [0.2, 0.25) is 0 Å². The number of fused-ring (bicyclic) bond motifs is 1. The van der Waals surface area contributed by atoms with Gasteiger partial charge in [0.2, 0.25) is 0 Å². The Morgan fingerprint density at radius 2 is 1.94 bits per heavy atom. The zero-order chi connectivity index (χ0) is 12.5. The highest BCUT2D eigenvalue weighted by molar-refractivity contribution is 5.92. The standard InChI is InChI=1S/C15H18N2/c1-15(2,3)8-6-11-4-5-12-7-9-17-14(16)13(12)10-11/h4-10H,1-3H3,(H2,16,17)/b8-6+. The molecule has 0 fully saturated rings. The maximum Gasteiger partial charge on any atom is 0.131 e. The van der Waals surface area contributed by atoms with E-state index in [1.54, 1.807) is 6.20 Å². The topological polar surface area (TPSA) is 38.9 Å². The van der Waals surface area contributed by atoms with E-state index in [4.69, 9.17) is 5.73 Å². The van der Waals surface area contributed by atoms with E-state index in [-0.39, 0.29) is 5.41 Å². The van der Waals surface area contributed by atoms with E-state index < -0.39 is 0 Å². The maximum absolute atomic E-state index is 5.87. The molecule has 0 unspecified atom stereocenters. The molecule has 1 aromatic heterocycles. The first-order valence-corrected chi connectivity index (χ1v) is 5.79. The van der Waals surface area contributed by atoms with Crippen LogP contribution in [0.15, 0.2) is 36.5 Å². The minimum atomic E-state index is 0.190. The number of pyridine rings is 1. The molecule has 0 saturated heterocycles. The lowest BCUT2D eigenvalue weighted by Crippen LogP contribution is -1.98. The lowest BCUT2D eigenvalue weighted by Gasteiger charge is -2.11. The highest BCUT2D eigenvalue weighted by Crippen LogP contribution is 2.22. The van der Waals surface area contributed by atoms with Crippen LogP contribution in [0.3, 0.4) is 0 Å². The fourth-order valence-corrected chi connectivity index (χ4v) is 1.66. The van der Waals surface area contributed by atoms with Gasteiger partial charge >= 0.3 is 0 Å². The molecule has 0 atom stereocenters. The summed E-state index contributed by atoms with van der Waals surface area (Å²) in [6.45, 7) is 6.54. The summed E-state index contributed by atoms with van der Waals surface area (Å²) in [6, 6.07) is 8.24. The Balaban J connectivity index is 2.45. The minimum Gasteiger partial charge on any atom is -0.383 e. The molecular weight excluding hydrogens is 208 g/mol. The number of benzene rings is 1. The van der Waals surface area contributed by atoms with Crippen LogP contribution in [0.1, 0.15) is 26.3 Å². The predicted octanol–water partition coefficient (Wildman–Crippen LogP) is 3.88. The van der Waals surface area contributed by atoms with E-state index in [1.807, 2.05) is 6.07 Å². The highest BCUT2D eigenvalue weighted by atomic mass is 14.8. The van der Waals surface area contributed by atoms with Gasteiger partial charge in [-0.2, -0.15) is 0 Å². The van der Waals surface area contributed by atoms with Crippen LogP contribution in [0.4, 0.5) is 5.82 Å². The van der Waals surface area contributed by atoms with Gasteiger partial charge in [-0.1, -0.05) is 45.1 Å². The van der Waals surface area contributed by atoms with Gasteiger partial charge in [-0.25, -0.2) is 4.98 Å². The predicted molar refractivity (Wildman–Crippen MR) is 74.6 cm³/mol. The van der Waals surface area contributed by atoms with Gasteiger partial charge < -0.3 is 5.73 Å². The Kier molecular flexibility index (Phi) is 2.88. The molecule has 2 rings (SSSR count). The molecule has 2 N–H and O–H groups in total. The Morgan fingerprint density at radius 1 is 1.18 bits per heavy atom. The fraction of sp³-hybridized carbons (Fsp3) is 0.267. The first kappa shape index (κ1) is 11.6. The molecule has 0 bridgehead atoms. The second-order valence-corrected chi connectivity index (χ2v) is 5.38. The smallest absolute Gasteiger partial charge is 0.131 e. The molecule has 1 heterocycles. The number of nitrogens with two attached hydrogens (primary N) is 1. The van der Waals surface area contributed by atoms with Crippen molar-refractivity contribution in [1.29, 1.82) is 0 Å². The molecule has 88 valence electrons. The molecule has 0 aliphatic carbocycles. The lowest BCUT2D eigenvalue weighted by atomic mass is 9.95. The van der Waals surface area contributed by atoms with Gasteiger partial charge in [0.1, 0.15) is 5.82 Å². The molecule has 2 heteroatoms. The first-order chi connectivity index (χ1) is 7.96. The number of nitrogen functional groups attached to an aromatic ring is 1. The van der Waals surface area contributed by atoms with Crippen molar-refractivity contribution >= 4 is 22.7 Å². The summed E-state index contributed by atoms with van der Waals surface area (Å²) in [5.41, 5.74) is 7.22. The second-order valence-electron chi connectivity index (χ2n) is 5.38. The molecular formula is C15H18N2. The van der Waals surface area contributed by atoms with Crippen molar-refractivity contribution in [3.05, 3.63) is 42.1 Å². The molecule has 1 aromatic carbocycles. The molecule has 0 spiro atoms. The summed E-state index contributed by atoms with van der Waals surface area (Å²) in [5.74, 6) is 0.591. The number of aromatic nitrogens is 1. The fourth-order valence-electron chi connectivity index (χ4n) is 1.66. The van der Waals surface area contributed by atoms with Crippen molar-refractivity contribution in [2.45, 2.75) is 20.8 Å². The third kappa shape index (κ3) is 2.84. The second kappa shape index (κ2) is 4.21. The van der Waals surface area contributed by atoms with E-state index in [9.17, 15) is 0 Å². The Morgan fingerprint density at radius 3 is 2.65 bits per heavy atom. The zero-order valence-corrected chi connectivity index (χ0v) is 10.6. The van der Waals surface area contributed by atoms with Crippen molar-refractivity contribution < 1.29 is 0 Å². The SMILES string of the molecule is CC(C)(C)/C=C/c1ccc2ccnc(N)c2c1. The van der Waals surface area contributed by atoms with E-state index in [1.165, 1.54) is 0 Å². The summed E-state index contributed by atoms with van der Waals surface area (Å²) in [4.78, 5) is 4.11. The van der Waals surface area contributed by atoms with E-state index in [0.717, 1.165) is 16.3 Å². The summed E-state index contributed by atoms with van der Waals surface area (Å²) in [5, 5.41) is 2.15. The van der Waals surface area contributed by atoms with Crippen molar-refractivity contribution in [2.24, 2.45) is 5.41 Å². The minimum absolute atomic E-state index is 0.190. The van der Waals surface area contributed by atoms with Crippen LogP contribution in [0.5, 0.6) is 0 Å². The van der Waals surface area contributed by atoms with E-state index in [0.29, 0.717) is 5.82 Å². The summed E-state index contributed by atoms with van der Waals surface area (Å²) in [7, 11) is 0. The normalized spacial score (nSPS) is 12.4. The summed E-state index contributed by atoms with van der Waals surface area (Å²) < 4.78 is 0. The Labute approximate surface area is 102 Å². The molecule has 0 aliphatic rings. The van der Waals surface area contributed by atoms with Crippen molar-refractivity contribution in [1.82, 2.24) is 4.98 Å². The molecule has 0 saturated carbocycles. The molecule has 0 radical (unpaired) electrons. The molecule has 2 aromatic rings. The number of anilines is 1. The van der Waals surface area contributed by atoms with Crippen molar-refractivity contribution in [3.63, 3.8) is 0 Å². The molecule has 0 aliphatic heterocycles. The number of rotatable bonds is 1. The third-order valence-corrected chi connectivity index (χ3v) is 2.60. The number of nitrogens with zero attached hydrogens (tertiary/aromatic N) is 1. The first-order valence-electron chi connectivity index (χ1n) is 5.79. The summed E-state index contributed by atoms with van der Waals surface area (Å²) in [6.07, 6.45) is 6.06. The number of hydrogen-bond acceptors (Lipinski definition) is 2. The largest absolute Gasteiger partial charge is 0.383 e. The average Bonchev–Trinajstić information content (AvgIpc) is 2.26. The molecule has 2 nitrogen and oxygen atoms in total. The molecule has 17 heavy (non-hydrogen) atoms. The zero-order valence-electron chi connectivity index (χ0n) is 10.6. The van der Waals surface area contributed by atoms with Gasteiger partial charge in [0, 0.05) is 11.6 Å². The van der Waals surface area contributed by atoms with Crippen LogP contribution in [-0.2, 0) is 0 Å². The number of hydrogen-bond donors (Lipinski definition) is 1. The Bertz CT molecular complexity index is 563. The summed E-state index contributed by atoms with van der Waals surface area (Å²) >= 11 is 0. The van der Waals surface area contributed by atoms with Gasteiger partial charge in [0.15, 0.2) is 0 Å². The van der Waals surface area contributed by atoms with Crippen molar-refractivity contribution in [3.8, 4) is 0 Å². The maximum atomic E-state index is 5.87. The van der Waals surface area contributed by atoms with Gasteiger partial charge in [0.05, 0.1) is 0 Å². The van der Waals surface area contributed by atoms with Crippen LogP contribution < -0.4 is 5.73 Å². The monoisotopic (exact) mass is 226 g/mol. The van der Waals surface area contributed by atoms with E-state index in [2.05, 4.69) is 56.1 Å². The van der Waals surface area contributed by atoms with E-state index >= 15 is 0 Å². The average molecular weight is 226 g/mol. The van der Waals surface area contributed by atoms with Gasteiger partial charge in [-0.05, 0) is 28.5 Å². The quantitative estimate of drug-likeness (QED) is 0.801. The van der Waals surface area contributed by atoms with Crippen LogP contribution >= 0.6 is 0 Å². The van der Waals surface area contributed by atoms with Crippen LogP contribution in [-0.4, -0.2) is 4.98 Å². The Hall–Kier alpha value is -1.83. The van der Waals surface area contributed by atoms with Crippen LogP contribution in [0.25, 0.3) is 16.8 Å². The third-order valence-electron chi connectivity index (χ3n) is 2.60. The lowest BCUT2D eigenvalue weighted by molar-refractivity contribution is 0.547. The van der Waals surface area contributed by atoms with Crippen LogP contribution in [0, 0.1) is 5.41 Å².